The zero-order chi connectivity index (χ0) is 18.2. The van der Waals surface area contributed by atoms with Crippen molar-refractivity contribution in [2.75, 3.05) is 31.7 Å². The number of ether oxygens (including phenoxy) is 1. The Balaban J connectivity index is 1.91. The third kappa shape index (κ3) is 3.85. The topological polar surface area (TPSA) is 80.8 Å². The first kappa shape index (κ1) is 18.7. The van der Waals surface area contributed by atoms with Crippen LogP contribution in [-0.2, 0) is 19.7 Å². The molecular weight excluding hydrogens is 362 g/mol. The first-order chi connectivity index (χ1) is 11.7. The summed E-state index contributed by atoms with van der Waals surface area (Å²) in [7, 11) is -5.57. The Morgan fingerprint density at radius 3 is 2.24 bits per heavy atom. The van der Waals surface area contributed by atoms with Crippen LogP contribution in [0.2, 0.25) is 0 Å². The van der Waals surface area contributed by atoms with Crippen molar-refractivity contribution in [3.63, 3.8) is 0 Å². The molecule has 0 bridgehead atoms. The predicted molar refractivity (Wildman–Crippen MR) is 96.4 cm³/mol. The molecule has 1 aromatic carbocycles. The second-order valence-corrected chi connectivity index (χ2v) is 11.4. The van der Waals surface area contributed by atoms with Crippen LogP contribution in [-0.4, -0.2) is 64.7 Å². The highest BCUT2D eigenvalue weighted by Crippen LogP contribution is 2.32. The van der Waals surface area contributed by atoms with Gasteiger partial charge in [0.25, 0.3) is 0 Å². The Bertz CT molecular complexity index is 809. The second-order valence-electron chi connectivity index (χ2n) is 7.12. The summed E-state index contributed by atoms with van der Waals surface area (Å²) in [5.74, 6) is 0.810. The molecule has 0 aliphatic carbocycles. The molecule has 2 aliphatic heterocycles. The maximum absolute atomic E-state index is 13.1. The highest BCUT2D eigenvalue weighted by molar-refractivity contribution is 7.96. The molecule has 0 unspecified atom stereocenters. The fourth-order valence-electron chi connectivity index (χ4n) is 3.73. The lowest BCUT2D eigenvalue weighted by molar-refractivity contribution is 0.151. The molecule has 2 saturated heterocycles. The number of rotatable bonds is 4. The standard InChI is InChI=1S/C17H25NO5S2/c1-13-7-9-18(10-8-13)16-11-24(19,20)12-17(16)25(21,22)15-5-3-14(23-2)4-6-15/h3-6,13,16-17H,7-12H2,1-2H3/t16-,17-/m1/s1. The number of methoxy groups -OCH3 is 1. The van der Waals surface area contributed by atoms with Crippen LogP contribution in [0.1, 0.15) is 19.8 Å². The van der Waals surface area contributed by atoms with E-state index in [0.29, 0.717) is 11.7 Å². The summed E-state index contributed by atoms with van der Waals surface area (Å²) in [4.78, 5) is 2.22. The van der Waals surface area contributed by atoms with E-state index < -0.39 is 31.0 Å². The Morgan fingerprint density at radius 1 is 1.08 bits per heavy atom. The van der Waals surface area contributed by atoms with Crippen molar-refractivity contribution in [1.82, 2.24) is 4.90 Å². The molecule has 3 rings (SSSR count). The molecule has 2 aliphatic rings. The Morgan fingerprint density at radius 2 is 1.68 bits per heavy atom. The van der Waals surface area contributed by atoms with E-state index in [4.69, 9.17) is 4.74 Å². The van der Waals surface area contributed by atoms with Crippen LogP contribution >= 0.6 is 0 Å². The minimum atomic E-state index is -3.72. The summed E-state index contributed by atoms with van der Waals surface area (Å²) < 4.78 is 55.7. The van der Waals surface area contributed by atoms with Crippen LogP contribution in [0.3, 0.4) is 0 Å². The van der Waals surface area contributed by atoms with Gasteiger partial charge < -0.3 is 4.74 Å². The molecule has 0 N–H and O–H groups in total. The zero-order valence-corrected chi connectivity index (χ0v) is 16.2. The monoisotopic (exact) mass is 387 g/mol. The highest BCUT2D eigenvalue weighted by atomic mass is 32.2. The van der Waals surface area contributed by atoms with Gasteiger partial charge in [-0.25, -0.2) is 16.8 Å². The molecule has 2 fully saturated rings. The quantitative estimate of drug-likeness (QED) is 0.776. The van der Waals surface area contributed by atoms with Gasteiger partial charge in [-0.2, -0.15) is 0 Å². The smallest absolute Gasteiger partial charge is 0.183 e. The molecule has 140 valence electrons. The van der Waals surface area contributed by atoms with Gasteiger partial charge in [-0.1, -0.05) is 6.92 Å². The average Bonchev–Trinajstić information content (AvgIpc) is 2.92. The van der Waals surface area contributed by atoms with E-state index in [-0.39, 0.29) is 16.4 Å². The summed E-state index contributed by atoms with van der Waals surface area (Å²) in [6.07, 6.45) is 1.96. The summed E-state index contributed by atoms with van der Waals surface area (Å²) in [6, 6.07) is 5.72. The van der Waals surface area contributed by atoms with Gasteiger partial charge >= 0.3 is 0 Å². The van der Waals surface area contributed by atoms with Crippen LogP contribution in [0, 0.1) is 5.92 Å². The summed E-state index contributed by atoms with van der Waals surface area (Å²) in [5, 5.41) is -0.903. The predicted octanol–water partition coefficient (Wildman–Crippen LogP) is 1.37. The molecule has 0 aromatic heterocycles. The van der Waals surface area contributed by atoms with E-state index in [1.54, 1.807) is 12.1 Å². The first-order valence-electron chi connectivity index (χ1n) is 8.55. The van der Waals surface area contributed by atoms with Crippen molar-refractivity contribution in [2.24, 2.45) is 5.92 Å². The average molecular weight is 388 g/mol. The molecule has 25 heavy (non-hydrogen) atoms. The molecule has 0 spiro atoms. The van der Waals surface area contributed by atoms with Gasteiger partial charge in [-0.05, 0) is 56.1 Å². The van der Waals surface area contributed by atoms with Crippen molar-refractivity contribution < 1.29 is 21.6 Å². The number of benzene rings is 1. The van der Waals surface area contributed by atoms with Gasteiger partial charge in [0.1, 0.15) is 5.75 Å². The molecule has 2 heterocycles. The fourth-order valence-corrected chi connectivity index (χ4v) is 8.56. The lowest BCUT2D eigenvalue weighted by Gasteiger charge is -2.36. The Kier molecular flexibility index (Phi) is 5.14. The van der Waals surface area contributed by atoms with E-state index in [0.717, 1.165) is 25.9 Å². The first-order valence-corrected chi connectivity index (χ1v) is 11.9. The lowest BCUT2D eigenvalue weighted by atomic mass is 9.98. The molecule has 0 amide bonds. The van der Waals surface area contributed by atoms with Crippen molar-refractivity contribution in [3.05, 3.63) is 24.3 Å². The Labute approximate surface area is 150 Å². The van der Waals surface area contributed by atoms with Crippen molar-refractivity contribution >= 4 is 19.7 Å². The number of hydrogen-bond acceptors (Lipinski definition) is 6. The number of piperidine rings is 1. The lowest BCUT2D eigenvalue weighted by Crippen LogP contribution is -2.49. The molecular formula is C17H25NO5S2. The molecule has 1 aromatic rings. The van der Waals surface area contributed by atoms with Crippen LogP contribution < -0.4 is 4.74 Å². The van der Waals surface area contributed by atoms with Gasteiger partial charge in [0.2, 0.25) is 0 Å². The normalized spacial score (nSPS) is 28.1. The molecule has 8 heteroatoms. The second kappa shape index (κ2) is 6.89. The zero-order valence-electron chi connectivity index (χ0n) is 14.6. The molecule has 0 radical (unpaired) electrons. The van der Waals surface area contributed by atoms with Gasteiger partial charge in [-0.3, -0.25) is 4.90 Å². The van der Waals surface area contributed by atoms with Crippen LogP contribution in [0.15, 0.2) is 29.2 Å². The maximum Gasteiger partial charge on any atom is 0.183 e. The number of nitrogens with zero attached hydrogens (tertiary/aromatic N) is 1. The van der Waals surface area contributed by atoms with Crippen molar-refractivity contribution in [1.29, 1.82) is 0 Å². The fraction of sp³-hybridized carbons (Fsp3) is 0.647. The van der Waals surface area contributed by atoms with Gasteiger partial charge in [0.15, 0.2) is 19.7 Å². The van der Waals surface area contributed by atoms with Crippen LogP contribution in [0.4, 0.5) is 0 Å². The van der Waals surface area contributed by atoms with E-state index >= 15 is 0 Å². The van der Waals surface area contributed by atoms with E-state index in [1.165, 1.54) is 19.2 Å². The van der Waals surface area contributed by atoms with Crippen LogP contribution in [0.25, 0.3) is 0 Å². The maximum atomic E-state index is 13.1. The minimum absolute atomic E-state index is 0.0680. The highest BCUT2D eigenvalue weighted by Gasteiger charge is 2.48. The third-order valence-corrected chi connectivity index (χ3v) is 9.48. The van der Waals surface area contributed by atoms with Crippen LogP contribution in [0.5, 0.6) is 5.75 Å². The molecule has 0 saturated carbocycles. The van der Waals surface area contributed by atoms with E-state index in [2.05, 4.69) is 11.8 Å². The summed E-state index contributed by atoms with van der Waals surface area (Å²) >= 11 is 0. The van der Waals surface area contributed by atoms with Gasteiger partial charge in [0.05, 0.1) is 28.8 Å². The summed E-state index contributed by atoms with van der Waals surface area (Å²) in [6.45, 7) is 3.69. The minimum Gasteiger partial charge on any atom is -0.497 e. The van der Waals surface area contributed by atoms with Gasteiger partial charge in [0, 0.05) is 6.04 Å². The third-order valence-electron chi connectivity index (χ3n) is 5.35. The van der Waals surface area contributed by atoms with E-state index in [1.807, 2.05) is 0 Å². The number of hydrogen-bond donors (Lipinski definition) is 0. The van der Waals surface area contributed by atoms with Crippen molar-refractivity contribution in [3.8, 4) is 5.75 Å². The summed E-state index contributed by atoms with van der Waals surface area (Å²) in [5.41, 5.74) is 0. The number of sulfone groups is 2. The van der Waals surface area contributed by atoms with Crippen molar-refractivity contribution in [2.45, 2.75) is 36.0 Å². The molecule has 2 atom stereocenters. The van der Waals surface area contributed by atoms with E-state index in [9.17, 15) is 16.8 Å². The van der Waals surface area contributed by atoms with Gasteiger partial charge in [-0.15, -0.1) is 0 Å². The number of likely N-dealkylation sites (tertiary alicyclic amines) is 1. The Hall–Kier alpha value is -1.12. The SMILES string of the molecule is COc1ccc(S(=O)(=O)[C@@H]2CS(=O)(=O)C[C@H]2N2CCC(C)CC2)cc1. The largest absolute Gasteiger partial charge is 0.497 e. The molecule has 6 nitrogen and oxygen atoms in total.